The number of benzene rings is 4. The van der Waals surface area contributed by atoms with Crippen molar-refractivity contribution in [3.8, 4) is 11.1 Å². The average molecular weight is 573 g/mol. The quantitative estimate of drug-likeness (QED) is 0.304. The number of urea groups is 1. The zero-order chi connectivity index (χ0) is 29.2. The van der Waals surface area contributed by atoms with Gasteiger partial charge in [0, 0.05) is 63.6 Å². The molecule has 2 fully saturated rings. The summed E-state index contributed by atoms with van der Waals surface area (Å²) in [6.45, 7) is 6.29. The van der Waals surface area contributed by atoms with Crippen molar-refractivity contribution < 1.29 is 9.59 Å². The van der Waals surface area contributed by atoms with Crippen LogP contribution < -0.4 is 20.9 Å². The van der Waals surface area contributed by atoms with Crippen LogP contribution in [-0.4, -0.2) is 74.1 Å². The van der Waals surface area contributed by atoms with Crippen molar-refractivity contribution in [1.82, 2.24) is 15.1 Å². The number of anilines is 3. The van der Waals surface area contributed by atoms with E-state index in [2.05, 4.69) is 74.3 Å². The number of hydrogen-bond donors (Lipinski definition) is 3. The lowest BCUT2D eigenvalue weighted by atomic mass is 10.0. The smallest absolute Gasteiger partial charge is 0.323 e. The molecule has 3 N–H and O–H groups in total. The predicted molar refractivity (Wildman–Crippen MR) is 172 cm³/mol. The molecule has 3 amide bonds. The first kappa shape index (κ1) is 27.2. The van der Waals surface area contributed by atoms with E-state index < -0.39 is 0 Å². The molecule has 2 saturated heterocycles. The first-order valence-corrected chi connectivity index (χ1v) is 15.1. The van der Waals surface area contributed by atoms with Gasteiger partial charge in [-0.25, -0.2) is 4.79 Å². The summed E-state index contributed by atoms with van der Waals surface area (Å²) in [6, 6.07) is 32.5. The van der Waals surface area contributed by atoms with Crippen LogP contribution in [0.1, 0.15) is 27.5 Å². The molecular weight excluding hydrogens is 536 g/mol. The van der Waals surface area contributed by atoms with Gasteiger partial charge in [0.2, 0.25) is 0 Å². The van der Waals surface area contributed by atoms with Gasteiger partial charge in [0.05, 0.1) is 17.4 Å². The fraction of sp³-hybridized carbons (Fsp3) is 0.257. The number of nitrogens with zero attached hydrogens (tertiary/aromatic N) is 3. The van der Waals surface area contributed by atoms with Crippen molar-refractivity contribution in [2.75, 3.05) is 67.9 Å². The van der Waals surface area contributed by atoms with Gasteiger partial charge in [-0.1, -0.05) is 66.7 Å². The molecule has 218 valence electrons. The highest BCUT2D eigenvalue weighted by Crippen LogP contribution is 2.46. The molecule has 0 atom stereocenters. The third-order valence-corrected chi connectivity index (χ3v) is 8.75. The number of hydrogen-bond acceptors (Lipinski definition) is 5. The van der Waals surface area contributed by atoms with E-state index in [1.807, 2.05) is 53.4 Å². The van der Waals surface area contributed by atoms with E-state index in [1.54, 1.807) is 0 Å². The van der Waals surface area contributed by atoms with Crippen molar-refractivity contribution in [3.05, 3.63) is 114 Å². The first-order valence-electron chi connectivity index (χ1n) is 15.1. The lowest BCUT2D eigenvalue weighted by molar-refractivity contribution is 0.0736. The van der Waals surface area contributed by atoms with Gasteiger partial charge in [0.25, 0.3) is 5.91 Å². The molecule has 3 aliphatic rings. The Hall–Kier alpha value is -4.66. The molecule has 0 spiro atoms. The normalized spacial score (nSPS) is 16.8. The highest BCUT2D eigenvalue weighted by atomic mass is 16.2. The number of piperazine rings is 2. The number of fused-ring (bicyclic) bond motifs is 3. The lowest BCUT2D eigenvalue weighted by Gasteiger charge is -2.40. The Bertz CT molecular complexity index is 1580. The summed E-state index contributed by atoms with van der Waals surface area (Å²) in [7, 11) is 0. The number of nitrogens with one attached hydrogen (secondary N) is 3. The number of carbonyl (C=O) groups excluding carboxylic acids is 2. The minimum Gasteiger partial charge on any atom is -0.367 e. The second-order valence-electron chi connectivity index (χ2n) is 11.3. The molecule has 2 aliphatic heterocycles. The van der Waals surface area contributed by atoms with Gasteiger partial charge in [-0.2, -0.15) is 0 Å². The van der Waals surface area contributed by atoms with E-state index in [-0.39, 0.29) is 18.0 Å². The van der Waals surface area contributed by atoms with Crippen molar-refractivity contribution >= 4 is 29.0 Å². The maximum Gasteiger partial charge on any atom is 0.323 e. The number of para-hydroxylation sites is 1. The summed E-state index contributed by atoms with van der Waals surface area (Å²) in [5, 5.41) is 9.27. The summed E-state index contributed by atoms with van der Waals surface area (Å²) in [4.78, 5) is 33.2. The highest BCUT2D eigenvalue weighted by molar-refractivity contribution is 6.04. The van der Waals surface area contributed by atoms with Gasteiger partial charge in [-0.05, 0) is 52.6 Å². The Kier molecular flexibility index (Phi) is 7.53. The van der Waals surface area contributed by atoms with Gasteiger partial charge >= 0.3 is 6.03 Å². The number of amides is 3. The first-order chi connectivity index (χ1) is 21.2. The summed E-state index contributed by atoms with van der Waals surface area (Å²) < 4.78 is 0. The molecule has 8 heteroatoms. The zero-order valence-corrected chi connectivity index (χ0v) is 24.1. The summed E-state index contributed by atoms with van der Waals surface area (Å²) in [6.07, 6.45) is 0. The molecule has 4 aromatic carbocycles. The van der Waals surface area contributed by atoms with Gasteiger partial charge in [0.15, 0.2) is 0 Å². The lowest BCUT2D eigenvalue weighted by Crippen LogP contribution is -2.48. The molecule has 8 nitrogen and oxygen atoms in total. The van der Waals surface area contributed by atoms with Crippen LogP contribution in [0, 0.1) is 0 Å². The van der Waals surface area contributed by atoms with E-state index in [1.165, 1.54) is 22.3 Å². The Labute approximate surface area is 252 Å². The highest BCUT2D eigenvalue weighted by Gasteiger charge is 2.34. The average Bonchev–Trinajstić information content (AvgIpc) is 3.40. The van der Waals surface area contributed by atoms with Crippen LogP contribution in [-0.2, 0) is 0 Å². The van der Waals surface area contributed by atoms with E-state index in [0.29, 0.717) is 30.0 Å². The molecule has 0 bridgehead atoms. The van der Waals surface area contributed by atoms with Gasteiger partial charge in [-0.3, -0.25) is 9.69 Å². The topological polar surface area (TPSA) is 79.9 Å². The van der Waals surface area contributed by atoms with Crippen molar-refractivity contribution in [3.63, 3.8) is 0 Å². The van der Waals surface area contributed by atoms with Crippen LogP contribution in [0.5, 0.6) is 0 Å². The Morgan fingerprint density at radius 1 is 0.674 bits per heavy atom. The van der Waals surface area contributed by atoms with Crippen molar-refractivity contribution in [1.29, 1.82) is 0 Å². The van der Waals surface area contributed by atoms with E-state index in [9.17, 15) is 9.59 Å². The third kappa shape index (κ3) is 5.47. The second-order valence-corrected chi connectivity index (χ2v) is 11.3. The SMILES string of the molecule is O=C(Nc1ccccc1)Nc1cc(C(=O)N2CCNCC2)ccc1N1CCN(C2c3ccccc3-c3ccccc32)CC1. The van der Waals surface area contributed by atoms with Crippen LogP contribution in [0.2, 0.25) is 0 Å². The van der Waals surface area contributed by atoms with Crippen LogP contribution in [0.25, 0.3) is 11.1 Å². The standard InChI is InChI=1S/C35H36N6O2/c42-34(41-18-16-36-17-19-41)25-14-15-32(31(24-25)38-35(43)37-26-8-2-1-3-9-26)39-20-22-40(23-21-39)33-29-12-6-4-10-27(29)28-11-5-7-13-30(28)33/h1-15,24,33,36H,16-23H2,(H2,37,38,43). The number of carbonyl (C=O) groups is 2. The zero-order valence-electron chi connectivity index (χ0n) is 24.1. The van der Waals surface area contributed by atoms with Gasteiger partial charge in [-0.15, -0.1) is 0 Å². The van der Waals surface area contributed by atoms with Gasteiger partial charge in [0.1, 0.15) is 0 Å². The summed E-state index contributed by atoms with van der Waals surface area (Å²) in [5.74, 6) is -0.0112. The number of rotatable bonds is 5. The van der Waals surface area contributed by atoms with E-state index in [4.69, 9.17) is 0 Å². The molecular formula is C35H36N6O2. The van der Waals surface area contributed by atoms with Crippen LogP contribution >= 0.6 is 0 Å². The van der Waals surface area contributed by atoms with Crippen molar-refractivity contribution in [2.24, 2.45) is 0 Å². The maximum atomic E-state index is 13.4. The molecule has 0 unspecified atom stereocenters. The molecule has 0 saturated carbocycles. The Morgan fingerprint density at radius 3 is 1.98 bits per heavy atom. The molecule has 4 aromatic rings. The summed E-state index contributed by atoms with van der Waals surface area (Å²) >= 11 is 0. The monoisotopic (exact) mass is 572 g/mol. The molecule has 1 aliphatic carbocycles. The fourth-order valence-corrected chi connectivity index (χ4v) is 6.64. The van der Waals surface area contributed by atoms with Crippen LogP contribution in [0.3, 0.4) is 0 Å². The fourth-order valence-electron chi connectivity index (χ4n) is 6.64. The molecule has 43 heavy (non-hydrogen) atoms. The largest absolute Gasteiger partial charge is 0.367 e. The molecule has 7 rings (SSSR count). The molecule has 0 radical (unpaired) electrons. The Balaban J connectivity index is 1.12. The van der Waals surface area contributed by atoms with Crippen molar-refractivity contribution in [2.45, 2.75) is 6.04 Å². The minimum absolute atomic E-state index is 0.0112. The molecule has 2 heterocycles. The van der Waals surface area contributed by atoms with Gasteiger partial charge < -0.3 is 25.8 Å². The van der Waals surface area contributed by atoms with Crippen LogP contribution in [0.15, 0.2) is 97.1 Å². The molecule has 0 aromatic heterocycles. The third-order valence-electron chi connectivity index (χ3n) is 8.75. The van der Waals surface area contributed by atoms with E-state index in [0.717, 1.165) is 45.0 Å². The Morgan fingerprint density at radius 2 is 1.30 bits per heavy atom. The van der Waals surface area contributed by atoms with E-state index >= 15 is 0 Å². The second kappa shape index (κ2) is 11.9. The predicted octanol–water partition coefficient (Wildman–Crippen LogP) is 5.27. The summed E-state index contributed by atoms with van der Waals surface area (Å²) in [5.41, 5.74) is 8.24. The maximum absolute atomic E-state index is 13.4. The van der Waals surface area contributed by atoms with Crippen LogP contribution in [0.4, 0.5) is 21.9 Å². The minimum atomic E-state index is -0.336.